The molecule has 0 atom stereocenters. The number of guanidine groups is 1. The molecule has 0 aliphatic carbocycles. The predicted octanol–water partition coefficient (Wildman–Crippen LogP) is -1.47. The maximum atomic E-state index is 5.28. The van der Waals surface area contributed by atoms with E-state index in [1.807, 2.05) is 0 Å². The number of likely N-dealkylation sites (N-methyl/N-ethyl adjacent to an activating group) is 1. The van der Waals surface area contributed by atoms with Crippen LogP contribution in [0.2, 0.25) is 0 Å². The molecule has 0 aromatic heterocycles. The summed E-state index contributed by atoms with van der Waals surface area (Å²) in [6, 6.07) is 0. The molecule has 0 amide bonds. The molecule has 3 fully saturated rings. The number of hydrogen-bond acceptors (Lipinski definition) is 2. The SMILES string of the molecule is C[N+]12CC[N+](CCCNCCN=C(N)N)(CC1)CC2. The minimum Gasteiger partial charge on any atom is -0.370 e. The number of quaternary nitrogens is 2. The van der Waals surface area contributed by atoms with E-state index in [2.05, 4.69) is 17.4 Å². The molecule has 0 spiro atoms. The van der Waals surface area contributed by atoms with Gasteiger partial charge in [0.1, 0.15) is 39.3 Å². The second kappa shape index (κ2) is 6.07. The monoisotopic (exact) mass is 270 g/mol. The Labute approximate surface area is 116 Å². The maximum Gasteiger partial charge on any atom is 0.185 e. The number of fused-ring (bicyclic) bond motifs is 3. The van der Waals surface area contributed by atoms with E-state index in [4.69, 9.17) is 11.5 Å². The Bertz CT molecular complexity index is 299. The van der Waals surface area contributed by atoms with Gasteiger partial charge in [-0.3, -0.25) is 4.99 Å². The topological polar surface area (TPSA) is 76.4 Å². The van der Waals surface area contributed by atoms with Crippen molar-refractivity contribution in [3.8, 4) is 0 Å². The first-order chi connectivity index (χ1) is 9.04. The zero-order chi connectivity index (χ0) is 13.8. The van der Waals surface area contributed by atoms with Crippen LogP contribution in [0.1, 0.15) is 6.42 Å². The first-order valence-corrected chi connectivity index (χ1v) is 7.49. The van der Waals surface area contributed by atoms with Crippen LogP contribution in [0.3, 0.4) is 0 Å². The molecule has 3 saturated heterocycles. The van der Waals surface area contributed by atoms with Crippen molar-refractivity contribution in [1.29, 1.82) is 0 Å². The summed E-state index contributed by atoms with van der Waals surface area (Å²) in [5, 5.41) is 3.41. The summed E-state index contributed by atoms with van der Waals surface area (Å²) in [5.41, 5.74) is 10.6. The number of nitrogens with one attached hydrogen (secondary N) is 1. The van der Waals surface area contributed by atoms with E-state index in [0.29, 0.717) is 6.54 Å². The Kier molecular flexibility index (Phi) is 4.65. The van der Waals surface area contributed by atoms with Crippen molar-refractivity contribution in [1.82, 2.24) is 5.32 Å². The number of rotatable bonds is 7. The molecule has 3 aliphatic rings. The molecular weight excluding hydrogens is 240 g/mol. The van der Waals surface area contributed by atoms with Crippen LogP contribution in [0.4, 0.5) is 0 Å². The number of nitrogens with two attached hydrogens (primary N) is 2. The lowest BCUT2D eigenvalue weighted by Crippen LogP contribution is -2.73. The van der Waals surface area contributed by atoms with Gasteiger partial charge in [0.15, 0.2) is 5.96 Å². The van der Waals surface area contributed by atoms with E-state index in [1.165, 1.54) is 61.2 Å². The van der Waals surface area contributed by atoms with Crippen LogP contribution in [0, 0.1) is 0 Å². The summed E-state index contributed by atoms with van der Waals surface area (Å²) in [5.74, 6) is 0.183. The van der Waals surface area contributed by atoms with Crippen LogP contribution in [-0.4, -0.2) is 87.4 Å². The van der Waals surface area contributed by atoms with Crippen LogP contribution in [0.15, 0.2) is 4.99 Å². The van der Waals surface area contributed by atoms with Crippen molar-refractivity contribution in [3.05, 3.63) is 0 Å². The number of piperazine rings is 3. The fraction of sp³-hybridized carbons (Fsp3) is 0.923. The molecule has 110 valence electrons. The van der Waals surface area contributed by atoms with Crippen molar-refractivity contribution in [3.63, 3.8) is 0 Å². The number of aliphatic imine (C=N–C) groups is 1. The Balaban J connectivity index is 1.58. The molecule has 0 aromatic rings. The molecule has 3 aliphatic heterocycles. The molecule has 0 aromatic carbocycles. The second-order valence-electron chi connectivity index (χ2n) is 6.44. The fourth-order valence-electron chi connectivity index (χ4n) is 3.30. The molecule has 2 bridgehead atoms. The molecular formula is C13H30N6+2. The van der Waals surface area contributed by atoms with Gasteiger partial charge in [-0.15, -0.1) is 0 Å². The van der Waals surface area contributed by atoms with Crippen molar-refractivity contribution in [2.24, 2.45) is 16.5 Å². The number of hydrogen-bond donors (Lipinski definition) is 3. The van der Waals surface area contributed by atoms with Gasteiger partial charge >= 0.3 is 0 Å². The lowest BCUT2D eigenvalue weighted by molar-refractivity contribution is -1.07. The van der Waals surface area contributed by atoms with Gasteiger partial charge in [0.25, 0.3) is 0 Å². The molecule has 19 heavy (non-hydrogen) atoms. The molecule has 0 radical (unpaired) electrons. The van der Waals surface area contributed by atoms with Gasteiger partial charge in [0.05, 0.1) is 20.1 Å². The quantitative estimate of drug-likeness (QED) is 0.229. The summed E-state index contributed by atoms with van der Waals surface area (Å²) in [4.78, 5) is 3.96. The summed E-state index contributed by atoms with van der Waals surface area (Å²) in [6.45, 7) is 12.2. The van der Waals surface area contributed by atoms with Crippen LogP contribution in [0.5, 0.6) is 0 Å². The van der Waals surface area contributed by atoms with Gasteiger partial charge in [-0.2, -0.15) is 0 Å². The number of nitrogens with zero attached hydrogens (tertiary/aromatic N) is 3. The normalized spacial score (nSPS) is 33.3. The minimum atomic E-state index is 0.183. The zero-order valence-corrected chi connectivity index (χ0v) is 12.3. The smallest absolute Gasteiger partial charge is 0.185 e. The third-order valence-corrected chi connectivity index (χ3v) is 4.91. The molecule has 3 rings (SSSR count). The summed E-state index contributed by atoms with van der Waals surface area (Å²) in [7, 11) is 2.41. The summed E-state index contributed by atoms with van der Waals surface area (Å²) < 4.78 is 2.68. The Hall–Kier alpha value is -0.850. The van der Waals surface area contributed by atoms with E-state index >= 15 is 0 Å². The summed E-state index contributed by atoms with van der Waals surface area (Å²) in [6.07, 6.45) is 1.26. The predicted molar refractivity (Wildman–Crippen MR) is 78.7 cm³/mol. The molecule has 5 N–H and O–H groups in total. The van der Waals surface area contributed by atoms with E-state index < -0.39 is 0 Å². The van der Waals surface area contributed by atoms with Gasteiger partial charge in [0, 0.05) is 19.5 Å². The Morgan fingerprint density at radius 3 is 2.26 bits per heavy atom. The molecule has 0 unspecified atom stereocenters. The van der Waals surface area contributed by atoms with Gasteiger partial charge in [-0.05, 0) is 0 Å². The van der Waals surface area contributed by atoms with Crippen molar-refractivity contribution in [2.75, 3.05) is 72.5 Å². The van der Waals surface area contributed by atoms with E-state index in [-0.39, 0.29) is 5.96 Å². The zero-order valence-electron chi connectivity index (χ0n) is 12.3. The minimum absolute atomic E-state index is 0.183. The Morgan fingerprint density at radius 1 is 1.05 bits per heavy atom. The lowest BCUT2D eigenvalue weighted by Gasteiger charge is -2.54. The van der Waals surface area contributed by atoms with Crippen LogP contribution in [-0.2, 0) is 0 Å². The first kappa shape index (κ1) is 14.6. The highest BCUT2D eigenvalue weighted by atomic mass is 15.5. The third-order valence-electron chi connectivity index (χ3n) is 4.91. The molecule has 6 nitrogen and oxygen atoms in total. The van der Waals surface area contributed by atoms with Crippen molar-refractivity contribution in [2.45, 2.75) is 6.42 Å². The lowest BCUT2D eigenvalue weighted by atomic mass is 10.1. The van der Waals surface area contributed by atoms with Gasteiger partial charge in [0.2, 0.25) is 0 Å². The largest absolute Gasteiger partial charge is 0.370 e. The van der Waals surface area contributed by atoms with Gasteiger partial charge in [-0.25, -0.2) is 0 Å². The van der Waals surface area contributed by atoms with Crippen LogP contribution < -0.4 is 16.8 Å². The van der Waals surface area contributed by atoms with Crippen molar-refractivity contribution < 1.29 is 8.97 Å². The van der Waals surface area contributed by atoms with Gasteiger partial charge < -0.3 is 25.8 Å². The maximum absolute atomic E-state index is 5.28. The van der Waals surface area contributed by atoms with E-state index in [1.54, 1.807) is 0 Å². The standard InChI is InChI=1S/C13H30N6/c1-18-7-10-19(11-8-18,12-9-18)6-2-3-16-4-5-17-13(14)15/h16H,2-12H2,1H3,(H4,14,15,17)/q+2. The molecule has 0 saturated carbocycles. The first-order valence-electron chi connectivity index (χ1n) is 7.49. The highest BCUT2D eigenvalue weighted by Crippen LogP contribution is 2.24. The van der Waals surface area contributed by atoms with E-state index in [0.717, 1.165) is 13.1 Å². The van der Waals surface area contributed by atoms with E-state index in [9.17, 15) is 0 Å². The third kappa shape index (κ3) is 4.06. The highest BCUT2D eigenvalue weighted by Gasteiger charge is 2.45. The molecule has 6 heteroatoms. The second-order valence-corrected chi connectivity index (χ2v) is 6.44. The molecule has 3 heterocycles. The fourth-order valence-corrected chi connectivity index (χ4v) is 3.30. The average Bonchev–Trinajstić information content (AvgIpc) is 2.39. The van der Waals surface area contributed by atoms with Crippen molar-refractivity contribution >= 4 is 5.96 Å². The van der Waals surface area contributed by atoms with Gasteiger partial charge in [-0.1, -0.05) is 0 Å². The highest BCUT2D eigenvalue weighted by molar-refractivity contribution is 5.75. The van der Waals surface area contributed by atoms with Crippen LogP contribution in [0.25, 0.3) is 0 Å². The summed E-state index contributed by atoms with van der Waals surface area (Å²) >= 11 is 0. The average molecular weight is 270 g/mol. The van der Waals surface area contributed by atoms with Crippen LogP contribution >= 0.6 is 0 Å². The Morgan fingerprint density at radius 2 is 1.68 bits per heavy atom.